The van der Waals surface area contributed by atoms with Crippen molar-refractivity contribution in [3.63, 3.8) is 0 Å². The molecular weight excluding hydrogens is 192 g/mol. The van der Waals surface area contributed by atoms with E-state index >= 15 is 0 Å². The molecule has 0 unspecified atom stereocenters. The van der Waals surface area contributed by atoms with Crippen molar-refractivity contribution in [2.75, 3.05) is 5.88 Å². The molecule has 0 aromatic heterocycles. The third kappa shape index (κ3) is 4.15. The van der Waals surface area contributed by atoms with Gasteiger partial charge in [-0.25, -0.2) is 0 Å². The number of hydrogen-bond donors (Lipinski definition) is 0. The average molecular weight is 211 g/mol. The van der Waals surface area contributed by atoms with Gasteiger partial charge in [-0.2, -0.15) is 0 Å². The molecule has 0 saturated heterocycles. The van der Waals surface area contributed by atoms with Crippen LogP contribution in [0, 0.1) is 0 Å². The molecule has 0 N–H and O–H groups in total. The number of unbranched alkanes of at least 4 members (excludes halogenated alkanes) is 1. The first kappa shape index (κ1) is 11.6. The zero-order valence-corrected chi connectivity index (χ0v) is 9.69. The van der Waals surface area contributed by atoms with Crippen molar-refractivity contribution in [3.05, 3.63) is 35.4 Å². The lowest BCUT2D eigenvalue weighted by atomic mass is 10.0. The molecular formula is C13H19Cl. The smallest absolute Gasteiger partial charge is 0.0223 e. The number of hydrogen-bond acceptors (Lipinski definition) is 0. The van der Waals surface area contributed by atoms with E-state index < -0.39 is 0 Å². The Balaban J connectivity index is 2.46. The lowest BCUT2D eigenvalue weighted by molar-refractivity contribution is 0.797. The summed E-state index contributed by atoms with van der Waals surface area (Å²) in [5.41, 5.74) is 2.93. The van der Waals surface area contributed by atoms with Gasteiger partial charge < -0.3 is 0 Å². The highest BCUT2D eigenvalue weighted by molar-refractivity contribution is 6.17. The van der Waals surface area contributed by atoms with Crippen molar-refractivity contribution >= 4 is 11.6 Å². The molecule has 0 aliphatic heterocycles. The summed E-state index contributed by atoms with van der Waals surface area (Å²) in [5, 5.41) is 0. The fourth-order valence-corrected chi connectivity index (χ4v) is 1.84. The summed E-state index contributed by atoms with van der Waals surface area (Å²) in [7, 11) is 0. The monoisotopic (exact) mass is 210 g/mol. The molecule has 1 aromatic carbocycles. The summed E-state index contributed by atoms with van der Waals surface area (Å²) < 4.78 is 0. The van der Waals surface area contributed by atoms with Gasteiger partial charge >= 0.3 is 0 Å². The van der Waals surface area contributed by atoms with Crippen molar-refractivity contribution in [1.82, 2.24) is 0 Å². The molecule has 0 radical (unpaired) electrons. The molecule has 0 atom stereocenters. The first-order valence-electron chi connectivity index (χ1n) is 5.50. The maximum Gasteiger partial charge on any atom is 0.0223 e. The Morgan fingerprint density at radius 2 is 1.79 bits per heavy atom. The van der Waals surface area contributed by atoms with Crippen LogP contribution in [0.15, 0.2) is 24.3 Å². The molecule has 0 aliphatic rings. The maximum absolute atomic E-state index is 5.65. The van der Waals surface area contributed by atoms with Gasteiger partial charge in [-0.3, -0.25) is 0 Å². The number of halogens is 1. The molecule has 0 bridgehead atoms. The van der Waals surface area contributed by atoms with Crippen molar-refractivity contribution in [3.8, 4) is 0 Å². The van der Waals surface area contributed by atoms with E-state index in [4.69, 9.17) is 11.6 Å². The lowest BCUT2D eigenvalue weighted by Crippen LogP contribution is -1.89. The third-order valence-corrected chi connectivity index (χ3v) is 2.65. The van der Waals surface area contributed by atoms with E-state index in [0.717, 1.165) is 12.3 Å². The van der Waals surface area contributed by atoms with Gasteiger partial charge in [0.1, 0.15) is 0 Å². The molecule has 1 rings (SSSR count). The van der Waals surface area contributed by atoms with Gasteiger partial charge in [0, 0.05) is 5.88 Å². The van der Waals surface area contributed by atoms with Crippen LogP contribution in [0.1, 0.15) is 37.3 Å². The van der Waals surface area contributed by atoms with Gasteiger partial charge in [0.15, 0.2) is 0 Å². The number of benzene rings is 1. The first-order valence-corrected chi connectivity index (χ1v) is 6.04. The number of alkyl halides is 1. The van der Waals surface area contributed by atoms with Crippen LogP contribution in [-0.2, 0) is 12.8 Å². The summed E-state index contributed by atoms with van der Waals surface area (Å²) >= 11 is 5.65. The second-order valence-electron chi connectivity index (χ2n) is 3.72. The molecule has 0 fully saturated rings. The second kappa shape index (κ2) is 6.89. The van der Waals surface area contributed by atoms with Crippen molar-refractivity contribution in [2.45, 2.75) is 39.0 Å². The summed E-state index contributed by atoms with van der Waals surface area (Å²) in [5.74, 6) is 0.786. The van der Waals surface area contributed by atoms with E-state index in [1.165, 1.54) is 36.8 Å². The third-order valence-electron chi connectivity index (χ3n) is 2.38. The van der Waals surface area contributed by atoms with Crippen molar-refractivity contribution in [2.24, 2.45) is 0 Å². The molecule has 0 aliphatic carbocycles. The minimum Gasteiger partial charge on any atom is -0.127 e. The fourth-order valence-electron chi connectivity index (χ4n) is 1.65. The van der Waals surface area contributed by atoms with E-state index in [1.807, 2.05) is 0 Å². The van der Waals surface area contributed by atoms with Crippen LogP contribution in [-0.4, -0.2) is 5.88 Å². The van der Waals surface area contributed by atoms with Crippen LogP contribution in [0.25, 0.3) is 0 Å². The number of rotatable bonds is 6. The predicted octanol–water partition coefficient (Wildman–Crippen LogP) is 4.20. The molecule has 14 heavy (non-hydrogen) atoms. The number of aryl methyl sites for hydroxylation is 2. The molecule has 1 aromatic rings. The molecule has 0 spiro atoms. The van der Waals surface area contributed by atoms with Crippen molar-refractivity contribution in [1.29, 1.82) is 0 Å². The second-order valence-corrected chi connectivity index (χ2v) is 4.09. The van der Waals surface area contributed by atoms with Gasteiger partial charge in [-0.15, -0.1) is 11.6 Å². The Kier molecular flexibility index (Phi) is 5.70. The van der Waals surface area contributed by atoms with E-state index in [-0.39, 0.29) is 0 Å². The summed E-state index contributed by atoms with van der Waals surface area (Å²) in [6.07, 6.45) is 5.93. The van der Waals surface area contributed by atoms with Gasteiger partial charge in [0.2, 0.25) is 0 Å². The van der Waals surface area contributed by atoms with Gasteiger partial charge in [0.05, 0.1) is 0 Å². The van der Waals surface area contributed by atoms with Gasteiger partial charge in [0.25, 0.3) is 0 Å². The highest BCUT2D eigenvalue weighted by atomic mass is 35.5. The Bertz CT molecular complexity index is 255. The summed E-state index contributed by atoms with van der Waals surface area (Å²) in [6.45, 7) is 2.22. The largest absolute Gasteiger partial charge is 0.127 e. The Labute approximate surface area is 92.3 Å². The van der Waals surface area contributed by atoms with Crippen LogP contribution in [0.5, 0.6) is 0 Å². The quantitative estimate of drug-likeness (QED) is 0.488. The molecule has 0 heterocycles. The summed E-state index contributed by atoms with van der Waals surface area (Å²) in [4.78, 5) is 0. The van der Waals surface area contributed by atoms with E-state index in [0.29, 0.717) is 0 Å². The normalized spacial score (nSPS) is 10.4. The Hall–Kier alpha value is -0.490. The molecule has 0 nitrogen and oxygen atoms in total. The van der Waals surface area contributed by atoms with Crippen LogP contribution in [0.2, 0.25) is 0 Å². The highest BCUT2D eigenvalue weighted by Crippen LogP contribution is 2.10. The SMILES string of the molecule is CCCc1cccc(CCCCCl)c1. The van der Waals surface area contributed by atoms with Crippen molar-refractivity contribution < 1.29 is 0 Å². The lowest BCUT2D eigenvalue weighted by Gasteiger charge is -2.03. The zero-order valence-electron chi connectivity index (χ0n) is 8.93. The first-order chi connectivity index (χ1) is 6.86. The highest BCUT2D eigenvalue weighted by Gasteiger charge is 1.95. The van der Waals surface area contributed by atoms with Crippen LogP contribution in [0.3, 0.4) is 0 Å². The van der Waals surface area contributed by atoms with E-state index in [9.17, 15) is 0 Å². The predicted molar refractivity (Wildman–Crippen MR) is 64.1 cm³/mol. The zero-order chi connectivity index (χ0) is 10.2. The van der Waals surface area contributed by atoms with Crippen LogP contribution in [0.4, 0.5) is 0 Å². The average Bonchev–Trinajstić information content (AvgIpc) is 2.19. The topological polar surface area (TPSA) is 0 Å². The molecule has 0 amide bonds. The van der Waals surface area contributed by atoms with Gasteiger partial charge in [-0.05, 0) is 36.8 Å². The fraction of sp³-hybridized carbons (Fsp3) is 0.538. The van der Waals surface area contributed by atoms with Gasteiger partial charge in [-0.1, -0.05) is 37.6 Å². The summed E-state index contributed by atoms with van der Waals surface area (Å²) in [6, 6.07) is 8.93. The molecule has 1 heteroatoms. The molecule has 78 valence electrons. The van der Waals surface area contributed by atoms with E-state index in [2.05, 4.69) is 31.2 Å². The van der Waals surface area contributed by atoms with E-state index in [1.54, 1.807) is 0 Å². The minimum atomic E-state index is 0.786. The standard InChI is InChI=1S/C13H19Cl/c1-2-6-12-8-5-9-13(11-12)7-3-4-10-14/h5,8-9,11H,2-4,6-7,10H2,1H3. The van der Waals surface area contributed by atoms with Crippen LogP contribution < -0.4 is 0 Å². The maximum atomic E-state index is 5.65. The molecule has 0 saturated carbocycles. The Morgan fingerprint density at radius 3 is 2.43 bits per heavy atom. The van der Waals surface area contributed by atoms with Crippen LogP contribution >= 0.6 is 11.6 Å². The Morgan fingerprint density at radius 1 is 1.07 bits per heavy atom. The minimum absolute atomic E-state index is 0.786.